The van der Waals surface area contributed by atoms with Gasteiger partial charge in [0.2, 0.25) is 0 Å². The van der Waals surface area contributed by atoms with E-state index >= 15 is 0 Å². The van der Waals surface area contributed by atoms with E-state index in [9.17, 15) is 9.59 Å². The molecule has 0 aliphatic heterocycles. The fraction of sp³-hybridized carbons (Fsp3) is 0.273. The zero-order valence-electron chi connectivity index (χ0n) is 17.6. The summed E-state index contributed by atoms with van der Waals surface area (Å²) in [4.78, 5) is 37.2. The third-order valence-electron chi connectivity index (χ3n) is 4.15. The Morgan fingerprint density at radius 1 is 1.13 bits per heavy atom. The molecule has 7 nitrogen and oxygen atoms in total. The number of hydrogen-bond acceptors (Lipinski definition) is 7. The number of pyridine rings is 1. The van der Waals surface area contributed by atoms with Crippen LogP contribution in [-0.4, -0.2) is 55.5 Å². The standard InChI is InChI=1S/C22H22BrN3O4S/c1-5-29-21(27)15-11-16(13-7-9-14(23)10-8-13)25-20-17(15)18(24-12-26(3)4)19(31-20)22(28)30-6-2/h7-12H,5-6H2,1-4H3. The maximum atomic E-state index is 12.9. The molecule has 162 valence electrons. The minimum Gasteiger partial charge on any atom is -0.462 e. The number of fused-ring (bicyclic) bond motifs is 1. The molecule has 0 saturated heterocycles. The van der Waals surface area contributed by atoms with Gasteiger partial charge in [0.15, 0.2) is 0 Å². The van der Waals surface area contributed by atoms with Crippen LogP contribution >= 0.6 is 27.3 Å². The molecule has 0 spiro atoms. The number of halogens is 1. The summed E-state index contributed by atoms with van der Waals surface area (Å²) in [5.41, 5.74) is 2.09. The molecule has 0 amide bonds. The summed E-state index contributed by atoms with van der Waals surface area (Å²) >= 11 is 4.57. The molecule has 3 rings (SSSR count). The Labute approximate surface area is 192 Å². The van der Waals surface area contributed by atoms with Crippen molar-refractivity contribution in [3.63, 3.8) is 0 Å². The molecule has 0 bridgehead atoms. The molecule has 2 aromatic heterocycles. The number of aliphatic imine (C=N–C) groups is 1. The van der Waals surface area contributed by atoms with Gasteiger partial charge in [0.25, 0.3) is 0 Å². The third kappa shape index (κ3) is 5.11. The van der Waals surface area contributed by atoms with Crippen molar-refractivity contribution in [2.45, 2.75) is 13.8 Å². The average molecular weight is 504 g/mol. The molecular formula is C22H22BrN3O4S. The molecule has 1 aromatic carbocycles. The van der Waals surface area contributed by atoms with Gasteiger partial charge in [-0.3, -0.25) is 0 Å². The maximum absolute atomic E-state index is 12.9. The van der Waals surface area contributed by atoms with Gasteiger partial charge >= 0.3 is 11.9 Å². The van der Waals surface area contributed by atoms with Crippen molar-refractivity contribution in [2.24, 2.45) is 4.99 Å². The first-order valence-electron chi connectivity index (χ1n) is 9.64. The first-order chi connectivity index (χ1) is 14.8. The van der Waals surface area contributed by atoms with Gasteiger partial charge in [0.05, 0.1) is 36.2 Å². The molecule has 31 heavy (non-hydrogen) atoms. The first kappa shape index (κ1) is 22.9. The number of ether oxygens (including phenoxy) is 2. The lowest BCUT2D eigenvalue weighted by molar-refractivity contribution is 0.0519. The molecule has 3 aromatic rings. The van der Waals surface area contributed by atoms with Crippen LogP contribution in [0.25, 0.3) is 21.5 Å². The largest absolute Gasteiger partial charge is 0.462 e. The predicted molar refractivity (Wildman–Crippen MR) is 127 cm³/mol. The summed E-state index contributed by atoms with van der Waals surface area (Å²) in [6.45, 7) is 3.93. The van der Waals surface area contributed by atoms with E-state index in [0.717, 1.165) is 21.4 Å². The maximum Gasteiger partial charge on any atom is 0.350 e. The third-order valence-corrected chi connectivity index (χ3v) is 5.73. The number of benzene rings is 1. The predicted octanol–water partition coefficient (Wildman–Crippen LogP) is 5.30. The van der Waals surface area contributed by atoms with Crippen molar-refractivity contribution in [3.8, 4) is 11.3 Å². The zero-order valence-corrected chi connectivity index (χ0v) is 20.0. The summed E-state index contributed by atoms with van der Waals surface area (Å²) in [7, 11) is 3.64. The van der Waals surface area contributed by atoms with E-state index in [0.29, 0.717) is 32.0 Å². The lowest BCUT2D eigenvalue weighted by Crippen LogP contribution is -2.08. The van der Waals surface area contributed by atoms with E-state index in [4.69, 9.17) is 14.5 Å². The smallest absolute Gasteiger partial charge is 0.350 e. The summed E-state index contributed by atoms with van der Waals surface area (Å²) in [6.07, 6.45) is 1.57. The van der Waals surface area contributed by atoms with Crippen LogP contribution in [-0.2, 0) is 9.47 Å². The Kier molecular flexibility index (Phi) is 7.40. The Morgan fingerprint density at radius 2 is 1.77 bits per heavy atom. The van der Waals surface area contributed by atoms with Crippen LogP contribution in [0.4, 0.5) is 5.69 Å². The first-order valence-corrected chi connectivity index (χ1v) is 11.2. The zero-order chi connectivity index (χ0) is 22.5. The number of hydrogen-bond donors (Lipinski definition) is 0. The Morgan fingerprint density at radius 3 is 2.39 bits per heavy atom. The van der Waals surface area contributed by atoms with E-state index in [1.807, 2.05) is 38.4 Å². The van der Waals surface area contributed by atoms with Gasteiger partial charge in [-0.2, -0.15) is 0 Å². The van der Waals surface area contributed by atoms with Gasteiger partial charge in [0, 0.05) is 24.1 Å². The number of carbonyl (C=O) groups is 2. The molecule has 0 aliphatic carbocycles. The van der Waals surface area contributed by atoms with Gasteiger partial charge < -0.3 is 14.4 Å². The lowest BCUT2D eigenvalue weighted by Gasteiger charge is -2.09. The summed E-state index contributed by atoms with van der Waals surface area (Å²) in [5.74, 6) is -1.00. The van der Waals surface area contributed by atoms with Crippen molar-refractivity contribution >= 4 is 61.4 Å². The SMILES string of the molecule is CCOC(=O)c1sc2nc(-c3ccc(Br)cc3)cc(C(=O)OCC)c2c1N=CN(C)C. The van der Waals surface area contributed by atoms with E-state index < -0.39 is 11.9 Å². The van der Waals surface area contributed by atoms with Gasteiger partial charge in [-0.15, -0.1) is 11.3 Å². The van der Waals surface area contributed by atoms with Crippen molar-refractivity contribution in [3.05, 3.63) is 45.2 Å². The fourth-order valence-corrected chi connectivity index (χ4v) is 4.16. The van der Waals surface area contributed by atoms with Crippen LogP contribution < -0.4 is 0 Å². The molecular weight excluding hydrogens is 482 g/mol. The second kappa shape index (κ2) is 10.0. The van der Waals surface area contributed by atoms with Crippen LogP contribution in [0.15, 0.2) is 39.8 Å². The van der Waals surface area contributed by atoms with E-state index in [1.54, 1.807) is 31.2 Å². The van der Waals surface area contributed by atoms with E-state index in [1.165, 1.54) is 0 Å². The van der Waals surface area contributed by atoms with Crippen molar-refractivity contribution in [2.75, 3.05) is 27.3 Å². The Bertz CT molecular complexity index is 1140. The molecule has 0 saturated carbocycles. The number of rotatable bonds is 7. The Balaban J connectivity index is 2.32. The minimum atomic E-state index is -0.503. The Hall–Kier alpha value is -2.78. The summed E-state index contributed by atoms with van der Waals surface area (Å²) in [5, 5.41) is 0.477. The molecule has 0 fully saturated rings. The normalized spacial score (nSPS) is 11.1. The van der Waals surface area contributed by atoms with Crippen LogP contribution in [0.3, 0.4) is 0 Å². The molecule has 0 radical (unpaired) electrons. The highest BCUT2D eigenvalue weighted by Gasteiger charge is 2.26. The van der Waals surface area contributed by atoms with Gasteiger partial charge in [-0.05, 0) is 32.0 Å². The number of carbonyl (C=O) groups excluding carboxylic acids is 2. The summed E-state index contributed by atoms with van der Waals surface area (Å²) < 4.78 is 11.4. The molecule has 0 N–H and O–H groups in total. The van der Waals surface area contributed by atoms with Crippen molar-refractivity contribution in [1.82, 2.24) is 9.88 Å². The van der Waals surface area contributed by atoms with Crippen LogP contribution in [0, 0.1) is 0 Å². The average Bonchev–Trinajstić information content (AvgIpc) is 3.11. The van der Waals surface area contributed by atoms with Crippen molar-refractivity contribution in [1.29, 1.82) is 0 Å². The molecule has 2 heterocycles. The highest BCUT2D eigenvalue weighted by atomic mass is 79.9. The number of esters is 2. The van der Waals surface area contributed by atoms with Crippen LogP contribution in [0.2, 0.25) is 0 Å². The molecule has 0 unspecified atom stereocenters. The van der Waals surface area contributed by atoms with Gasteiger partial charge in [-0.25, -0.2) is 19.6 Å². The minimum absolute atomic E-state index is 0.224. The second-order valence-corrected chi connectivity index (χ2v) is 8.59. The fourth-order valence-electron chi connectivity index (χ4n) is 2.85. The quantitative estimate of drug-likeness (QED) is 0.247. The van der Waals surface area contributed by atoms with Crippen LogP contribution in [0.1, 0.15) is 33.9 Å². The molecule has 0 aliphatic rings. The number of aromatic nitrogens is 1. The number of nitrogens with zero attached hydrogens (tertiary/aromatic N) is 3. The molecule has 9 heteroatoms. The topological polar surface area (TPSA) is 81.1 Å². The lowest BCUT2D eigenvalue weighted by atomic mass is 10.1. The van der Waals surface area contributed by atoms with E-state index in [-0.39, 0.29) is 13.2 Å². The molecule has 0 atom stereocenters. The number of thiophene rings is 1. The highest BCUT2D eigenvalue weighted by Crippen LogP contribution is 2.41. The van der Waals surface area contributed by atoms with Crippen molar-refractivity contribution < 1.29 is 19.1 Å². The highest BCUT2D eigenvalue weighted by molar-refractivity contribution is 9.10. The van der Waals surface area contributed by atoms with Gasteiger partial charge in [-0.1, -0.05) is 28.1 Å². The van der Waals surface area contributed by atoms with Gasteiger partial charge in [0.1, 0.15) is 15.4 Å². The second-order valence-electron chi connectivity index (χ2n) is 6.67. The van der Waals surface area contributed by atoms with Crippen LogP contribution in [0.5, 0.6) is 0 Å². The summed E-state index contributed by atoms with van der Waals surface area (Å²) in [6, 6.07) is 9.28. The van der Waals surface area contributed by atoms with E-state index in [2.05, 4.69) is 20.9 Å². The monoisotopic (exact) mass is 503 g/mol.